The van der Waals surface area contributed by atoms with E-state index in [4.69, 9.17) is 9.26 Å². The fraction of sp³-hybridized carbons (Fsp3) is 0.133. The summed E-state index contributed by atoms with van der Waals surface area (Å²) >= 11 is 0. The normalized spacial score (nSPS) is 10.3. The van der Waals surface area contributed by atoms with Crippen molar-refractivity contribution in [3.63, 3.8) is 0 Å². The highest BCUT2D eigenvalue weighted by molar-refractivity contribution is 5.89. The molecule has 1 aromatic carbocycles. The van der Waals surface area contributed by atoms with Gasteiger partial charge in [-0.2, -0.15) is 4.98 Å². The van der Waals surface area contributed by atoms with E-state index < -0.39 is 5.91 Å². The maximum atomic E-state index is 12.0. The first-order valence-corrected chi connectivity index (χ1v) is 6.77. The van der Waals surface area contributed by atoms with Crippen molar-refractivity contribution in [3.8, 4) is 17.3 Å². The molecule has 2 heterocycles. The van der Waals surface area contributed by atoms with Crippen LogP contribution in [-0.2, 0) is 6.54 Å². The Morgan fingerprint density at radius 2 is 2.09 bits per heavy atom. The van der Waals surface area contributed by atoms with Crippen molar-refractivity contribution in [1.82, 2.24) is 25.4 Å². The van der Waals surface area contributed by atoms with Crippen LogP contribution < -0.4 is 10.1 Å². The summed E-state index contributed by atoms with van der Waals surface area (Å²) in [5, 5.41) is 6.42. The molecule has 0 aliphatic heterocycles. The minimum Gasteiger partial charge on any atom is -0.497 e. The molecular weight excluding hydrogens is 298 g/mol. The number of benzene rings is 1. The predicted octanol–water partition coefficient (Wildman–Crippen LogP) is 1.47. The van der Waals surface area contributed by atoms with Crippen LogP contribution in [0.25, 0.3) is 11.5 Å². The van der Waals surface area contributed by atoms with Crippen LogP contribution in [0.2, 0.25) is 0 Å². The first-order chi connectivity index (χ1) is 11.3. The van der Waals surface area contributed by atoms with E-state index >= 15 is 0 Å². The van der Waals surface area contributed by atoms with E-state index in [1.54, 1.807) is 7.11 Å². The van der Waals surface area contributed by atoms with E-state index in [0.29, 0.717) is 12.2 Å². The van der Waals surface area contributed by atoms with Crippen molar-refractivity contribution in [2.45, 2.75) is 6.54 Å². The Morgan fingerprint density at radius 3 is 2.78 bits per heavy atom. The lowest BCUT2D eigenvalue weighted by molar-refractivity contribution is 0.0907. The highest BCUT2D eigenvalue weighted by Gasteiger charge is 2.16. The van der Waals surface area contributed by atoms with Gasteiger partial charge >= 0.3 is 11.8 Å². The van der Waals surface area contributed by atoms with Crippen LogP contribution in [0, 0.1) is 0 Å². The third-order valence-corrected chi connectivity index (χ3v) is 3.02. The van der Waals surface area contributed by atoms with E-state index in [1.165, 1.54) is 18.6 Å². The summed E-state index contributed by atoms with van der Waals surface area (Å²) in [5.41, 5.74) is 1.36. The van der Waals surface area contributed by atoms with Crippen LogP contribution in [0.5, 0.6) is 5.75 Å². The molecule has 0 fully saturated rings. The number of aromatic nitrogens is 4. The molecule has 116 valence electrons. The lowest BCUT2D eigenvalue weighted by Crippen LogP contribution is -2.23. The monoisotopic (exact) mass is 311 g/mol. The Morgan fingerprint density at radius 1 is 1.26 bits per heavy atom. The van der Waals surface area contributed by atoms with E-state index in [1.807, 2.05) is 24.3 Å². The van der Waals surface area contributed by atoms with Gasteiger partial charge in [0.2, 0.25) is 5.82 Å². The zero-order valence-electron chi connectivity index (χ0n) is 12.3. The first-order valence-electron chi connectivity index (χ1n) is 6.77. The third-order valence-electron chi connectivity index (χ3n) is 3.02. The molecule has 3 aromatic rings. The second-order valence-corrected chi connectivity index (χ2v) is 4.54. The molecule has 0 aliphatic carbocycles. The number of methoxy groups -OCH3 is 1. The van der Waals surface area contributed by atoms with Gasteiger partial charge < -0.3 is 14.6 Å². The zero-order valence-corrected chi connectivity index (χ0v) is 12.3. The van der Waals surface area contributed by atoms with Crippen LogP contribution in [-0.4, -0.2) is 33.1 Å². The van der Waals surface area contributed by atoms with Gasteiger partial charge in [0.15, 0.2) is 0 Å². The minimum absolute atomic E-state index is 0.126. The Hall–Kier alpha value is -3.29. The average molecular weight is 311 g/mol. The predicted molar refractivity (Wildman–Crippen MR) is 79.5 cm³/mol. The molecule has 0 spiro atoms. The fourth-order valence-corrected chi connectivity index (χ4v) is 1.84. The Kier molecular flexibility index (Phi) is 4.23. The largest absolute Gasteiger partial charge is 0.497 e. The molecule has 3 rings (SSSR count). The van der Waals surface area contributed by atoms with Crippen molar-refractivity contribution in [2.75, 3.05) is 7.11 Å². The Balaban J connectivity index is 1.63. The summed E-state index contributed by atoms with van der Waals surface area (Å²) in [5.74, 6) is 0.390. The van der Waals surface area contributed by atoms with Gasteiger partial charge in [-0.25, -0.2) is 4.98 Å². The van der Waals surface area contributed by atoms with Crippen molar-refractivity contribution in [3.05, 3.63) is 54.3 Å². The SMILES string of the molecule is COc1ccc(CNC(=O)c2nc(-c3cnccn3)no2)cc1. The quantitative estimate of drug-likeness (QED) is 0.761. The van der Waals surface area contributed by atoms with Gasteiger partial charge in [-0.05, 0) is 17.7 Å². The summed E-state index contributed by atoms with van der Waals surface area (Å²) in [7, 11) is 1.60. The smallest absolute Gasteiger partial charge is 0.316 e. The van der Waals surface area contributed by atoms with Gasteiger partial charge in [0.1, 0.15) is 11.4 Å². The van der Waals surface area contributed by atoms with Gasteiger partial charge in [0.25, 0.3) is 0 Å². The number of nitrogens with one attached hydrogen (secondary N) is 1. The molecule has 0 saturated carbocycles. The molecule has 0 bridgehead atoms. The van der Waals surface area contributed by atoms with Gasteiger partial charge in [-0.1, -0.05) is 17.3 Å². The van der Waals surface area contributed by atoms with Crippen molar-refractivity contribution in [2.24, 2.45) is 0 Å². The second-order valence-electron chi connectivity index (χ2n) is 4.54. The average Bonchev–Trinajstić information content (AvgIpc) is 3.11. The number of carbonyl (C=O) groups is 1. The van der Waals surface area contributed by atoms with E-state index in [2.05, 4.69) is 25.4 Å². The highest BCUT2D eigenvalue weighted by atomic mass is 16.5. The van der Waals surface area contributed by atoms with Crippen molar-refractivity contribution in [1.29, 1.82) is 0 Å². The van der Waals surface area contributed by atoms with Gasteiger partial charge in [-0.3, -0.25) is 9.78 Å². The van der Waals surface area contributed by atoms with Crippen molar-refractivity contribution < 1.29 is 14.1 Å². The number of amides is 1. The van der Waals surface area contributed by atoms with E-state index in [0.717, 1.165) is 11.3 Å². The van der Waals surface area contributed by atoms with Crippen LogP contribution >= 0.6 is 0 Å². The van der Waals surface area contributed by atoms with Crippen molar-refractivity contribution >= 4 is 5.91 Å². The van der Waals surface area contributed by atoms with Crippen LogP contribution in [0.3, 0.4) is 0 Å². The number of hydrogen-bond donors (Lipinski definition) is 1. The van der Waals surface area contributed by atoms with E-state index in [9.17, 15) is 4.79 Å². The molecule has 0 saturated heterocycles. The number of ether oxygens (including phenoxy) is 1. The zero-order chi connectivity index (χ0) is 16.1. The molecule has 0 atom stereocenters. The second kappa shape index (κ2) is 6.65. The molecule has 8 heteroatoms. The Labute approximate surface area is 131 Å². The maximum absolute atomic E-state index is 12.0. The number of carbonyl (C=O) groups excluding carboxylic acids is 1. The highest BCUT2D eigenvalue weighted by Crippen LogP contribution is 2.12. The summed E-state index contributed by atoms with van der Waals surface area (Å²) in [6.45, 7) is 0.339. The van der Waals surface area contributed by atoms with Crippen LogP contribution in [0.1, 0.15) is 16.2 Å². The third kappa shape index (κ3) is 3.49. The fourth-order valence-electron chi connectivity index (χ4n) is 1.84. The lowest BCUT2D eigenvalue weighted by Gasteiger charge is -2.04. The molecule has 0 radical (unpaired) electrons. The molecule has 1 amide bonds. The number of nitrogens with zero attached hydrogens (tertiary/aromatic N) is 4. The lowest BCUT2D eigenvalue weighted by atomic mass is 10.2. The standard InChI is InChI=1S/C15H13N5O3/c1-22-11-4-2-10(3-5-11)8-18-14(21)15-19-13(20-23-15)12-9-16-6-7-17-12/h2-7,9H,8H2,1H3,(H,18,21). The minimum atomic E-state index is -0.455. The number of rotatable bonds is 5. The molecule has 1 N–H and O–H groups in total. The molecule has 0 aliphatic rings. The summed E-state index contributed by atoms with van der Waals surface area (Å²) in [6.07, 6.45) is 4.53. The molecule has 2 aromatic heterocycles. The summed E-state index contributed by atoms with van der Waals surface area (Å²) in [6, 6.07) is 7.36. The molecule has 23 heavy (non-hydrogen) atoms. The molecule has 0 unspecified atom stereocenters. The summed E-state index contributed by atoms with van der Waals surface area (Å²) < 4.78 is 10.0. The maximum Gasteiger partial charge on any atom is 0.316 e. The molecular formula is C15H13N5O3. The van der Waals surface area contributed by atoms with Crippen LogP contribution in [0.15, 0.2) is 47.4 Å². The topological polar surface area (TPSA) is 103 Å². The van der Waals surface area contributed by atoms with Gasteiger partial charge in [0, 0.05) is 18.9 Å². The Bertz CT molecular complexity index is 786. The molecule has 8 nitrogen and oxygen atoms in total. The first kappa shape index (κ1) is 14.6. The van der Waals surface area contributed by atoms with Gasteiger partial charge in [0.05, 0.1) is 13.3 Å². The summed E-state index contributed by atoms with van der Waals surface area (Å²) in [4.78, 5) is 24.0. The van der Waals surface area contributed by atoms with Gasteiger partial charge in [-0.15, -0.1) is 0 Å². The van der Waals surface area contributed by atoms with Crippen LogP contribution in [0.4, 0.5) is 0 Å². The van der Waals surface area contributed by atoms with E-state index in [-0.39, 0.29) is 11.7 Å². The number of hydrogen-bond acceptors (Lipinski definition) is 7.